The number of carbonyl (C=O) groups excluding carboxylic acids is 1. The zero-order chi connectivity index (χ0) is 9.68. The average molecular weight is 174 g/mol. The van der Waals surface area contributed by atoms with E-state index in [1.54, 1.807) is 6.07 Å². The Morgan fingerprint density at radius 3 is 3.00 bits per heavy atom. The minimum absolute atomic E-state index is 0.162. The summed E-state index contributed by atoms with van der Waals surface area (Å²) in [6.45, 7) is 0. The van der Waals surface area contributed by atoms with Gasteiger partial charge in [0.2, 0.25) is 5.95 Å². The molecule has 1 aromatic heterocycles. The first kappa shape index (κ1) is 8.89. The average Bonchev–Trinajstić information content (AvgIpc) is 2.16. The summed E-state index contributed by atoms with van der Waals surface area (Å²) < 4.78 is 12.6. The summed E-state index contributed by atoms with van der Waals surface area (Å²) in [5, 5.41) is 8.12. The van der Waals surface area contributed by atoms with E-state index in [-0.39, 0.29) is 5.56 Å². The van der Waals surface area contributed by atoms with E-state index in [0.29, 0.717) is 11.8 Å². The molecule has 1 rings (SSSR count). The summed E-state index contributed by atoms with van der Waals surface area (Å²) in [5.74, 6) is 3.67. The Labute approximate surface area is 73.8 Å². The van der Waals surface area contributed by atoms with Crippen LogP contribution in [0.15, 0.2) is 12.3 Å². The van der Waals surface area contributed by atoms with Crippen molar-refractivity contribution in [2.45, 2.75) is 0 Å². The molecule has 1 heterocycles. The summed E-state index contributed by atoms with van der Waals surface area (Å²) in [6.07, 6.45) is 1.51. The largest absolute Gasteiger partial charge is 0.298 e. The predicted molar refractivity (Wildman–Crippen MR) is 42.1 cm³/mol. The van der Waals surface area contributed by atoms with Crippen molar-refractivity contribution in [1.29, 1.82) is 5.26 Å². The van der Waals surface area contributed by atoms with Crippen molar-refractivity contribution < 1.29 is 9.18 Å². The van der Waals surface area contributed by atoms with Crippen LogP contribution in [0.5, 0.6) is 0 Å². The van der Waals surface area contributed by atoms with Gasteiger partial charge in [0.25, 0.3) is 0 Å². The van der Waals surface area contributed by atoms with Crippen molar-refractivity contribution in [3.63, 3.8) is 0 Å². The minimum Gasteiger partial charge on any atom is -0.298 e. The van der Waals surface area contributed by atoms with Gasteiger partial charge in [0.15, 0.2) is 12.4 Å². The quantitative estimate of drug-likeness (QED) is 0.361. The molecule has 0 atom stereocenters. The third kappa shape index (κ3) is 2.11. The van der Waals surface area contributed by atoms with Gasteiger partial charge in [0.1, 0.15) is 0 Å². The zero-order valence-electron chi connectivity index (χ0n) is 6.41. The molecule has 0 bridgehead atoms. The van der Waals surface area contributed by atoms with Gasteiger partial charge in [-0.2, -0.15) is 9.65 Å². The molecule has 0 aliphatic rings. The normalized spacial score (nSPS) is 8.00. The minimum atomic E-state index is -0.836. The number of hydrogen-bond donors (Lipinski definition) is 0. The molecule has 0 saturated carbocycles. The number of aldehydes is 1. The number of hydrogen-bond acceptors (Lipinski definition) is 3. The van der Waals surface area contributed by atoms with Crippen LogP contribution in [0.2, 0.25) is 0 Å². The molecule has 4 heteroatoms. The SMILES string of the molecule is N#CC#Cc1cnc(F)c(C=O)c1. The topological polar surface area (TPSA) is 53.8 Å². The van der Waals surface area contributed by atoms with Gasteiger partial charge in [-0.25, -0.2) is 4.98 Å². The molecule has 62 valence electrons. The van der Waals surface area contributed by atoms with E-state index in [1.165, 1.54) is 6.07 Å². The first-order chi connectivity index (χ1) is 6.27. The maximum atomic E-state index is 12.6. The number of nitrogens with zero attached hydrogens (tertiary/aromatic N) is 2. The smallest absolute Gasteiger partial charge is 0.223 e. The second-order valence-corrected chi connectivity index (χ2v) is 2.08. The third-order valence-corrected chi connectivity index (χ3v) is 1.26. The first-order valence-corrected chi connectivity index (χ1v) is 3.28. The van der Waals surface area contributed by atoms with E-state index >= 15 is 0 Å². The fourth-order valence-electron chi connectivity index (χ4n) is 0.716. The van der Waals surface area contributed by atoms with E-state index in [2.05, 4.69) is 16.8 Å². The molecule has 0 fully saturated rings. The van der Waals surface area contributed by atoms with Gasteiger partial charge < -0.3 is 0 Å². The number of halogens is 1. The van der Waals surface area contributed by atoms with Crippen molar-refractivity contribution in [2.24, 2.45) is 0 Å². The molecule has 0 amide bonds. The molecular weight excluding hydrogens is 171 g/mol. The summed E-state index contributed by atoms with van der Waals surface area (Å²) in [7, 11) is 0. The lowest BCUT2D eigenvalue weighted by molar-refractivity contribution is 0.111. The van der Waals surface area contributed by atoms with Crippen LogP contribution in [0, 0.1) is 29.1 Å². The molecule has 1 aromatic rings. The van der Waals surface area contributed by atoms with Crippen LogP contribution < -0.4 is 0 Å². The molecule has 0 aromatic carbocycles. The van der Waals surface area contributed by atoms with Gasteiger partial charge in [-0.05, 0) is 12.0 Å². The lowest BCUT2D eigenvalue weighted by Gasteiger charge is -1.92. The van der Waals surface area contributed by atoms with Crippen molar-refractivity contribution in [2.75, 3.05) is 0 Å². The maximum Gasteiger partial charge on any atom is 0.223 e. The molecule has 0 unspecified atom stereocenters. The van der Waals surface area contributed by atoms with Gasteiger partial charge in [0, 0.05) is 17.7 Å². The lowest BCUT2D eigenvalue weighted by Crippen LogP contribution is -1.92. The van der Waals surface area contributed by atoms with Crippen LogP contribution in [0.1, 0.15) is 15.9 Å². The Bertz CT molecular complexity index is 437. The van der Waals surface area contributed by atoms with E-state index in [4.69, 9.17) is 5.26 Å². The highest BCUT2D eigenvalue weighted by atomic mass is 19.1. The Morgan fingerprint density at radius 1 is 1.62 bits per heavy atom. The van der Waals surface area contributed by atoms with Gasteiger partial charge in [-0.15, -0.1) is 0 Å². The van der Waals surface area contributed by atoms with E-state index < -0.39 is 5.95 Å². The van der Waals surface area contributed by atoms with Crippen molar-refractivity contribution in [3.05, 3.63) is 29.3 Å². The molecule has 0 saturated heterocycles. The van der Waals surface area contributed by atoms with Crippen LogP contribution in [0.25, 0.3) is 0 Å². The molecule has 0 aliphatic heterocycles. The van der Waals surface area contributed by atoms with Gasteiger partial charge >= 0.3 is 0 Å². The Kier molecular flexibility index (Phi) is 2.73. The molecular formula is C9H3FN2O. The standard InChI is InChI=1S/C9H3FN2O/c10-9-8(6-13)4-7(5-12-9)2-1-3-11/h4-6H. The zero-order valence-corrected chi connectivity index (χ0v) is 6.41. The number of carbonyl (C=O) groups is 1. The molecule has 3 nitrogen and oxygen atoms in total. The van der Waals surface area contributed by atoms with Gasteiger partial charge in [-0.3, -0.25) is 4.79 Å². The van der Waals surface area contributed by atoms with Crippen LogP contribution in [-0.2, 0) is 0 Å². The number of nitriles is 1. The molecule has 0 N–H and O–H groups in total. The highest BCUT2D eigenvalue weighted by Crippen LogP contribution is 2.03. The van der Waals surface area contributed by atoms with Crippen LogP contribution in [0.4, 0.5) is 4.39 Å². The Hall–Kier alpha value is -2.20. The van der Waals surface area contributed by atoms with Crippen molar-refractivity contribution in [1.82, 2.24) is 4.98 Å². The fraction of sp³-hybridized carbons (Fsp3) is 0. The summed E-state index contributed by atoms with van der Waals surface area (Å²) in [4.78, 5) is 13.6. The molecule has 0 aliphatic carbocycles. The van der Waals surface area contributed by atoms with Crippen molar-refractivity contribution >= 4 is 6.29 Å². The second kappa shape index (κ2) is 3.99. The lowest BCUT2D eigenvalue weighted by atomic mass is 10.2. The summed E-state index contributed by atoms with van der Waals surface area (Å²) >= 11 is 0. The number of pyridine rings is 1. The maximum absolute atomic E-state index is 12.6. The predicted octanol–water partition coefficient (Wildman–Crippen LogP) is 0.908. The monoisotopic (exact) mass is 174 g/mol. The Morgan fingerprint density at radius 2 is 2.38 bits per heavy atom. The molecule has 0 spiro atoms. The van der Waals surface area contributed by atoms with Gasteiger partial charge in [0.05, 0.1) is 5.56 Å². The molecule has 0 radical (unpaired) electrons. The number of rotatable bonds is 1. The highest BCUT2D eigenvalue weighted by Gasteiger charge is 2.01. The molecule has 13 heavy (non-hydrogen) atoms. The van der Waals surface area contributed by atoms with Crippen LogP contribution >= 0.6 is 0 Å². The highest BCUT2D eigenvalue weighted by molar-refractivity contribution is 5.75. The van der Waals surface area contributed by atoms with Gasteiger partial charge in [-0.1, -0.05) is 0 Å². The van der Waals surface area contributed by atoms with Crippen molar-refractivity contribution in [3.8, 4) is 17.9 Å². The van der Waals surface area contributed by atoms with E-state index in [0.717, 1.165) is 6.20 Å². The van der Waals surface area contributed by atoms with Crippen LogP contribution in [0.3, 0.4) is 0 Å². The van der Waals surface area contributed by atoms with E-state index in [9.17, 15) is 9.18 Å². The first-order valence-electron chi connectivity index (χ1n) is 3.28. The second-order valence-electron chi connectivity index (χ2n) is 2.08. The third-order valence-electron chi connectivity index (χ3n) is 1.26. The van der Waals surface area contributed by atoms with Crippen LogP contribution in [-0.4, -0.2) is 11.3 Å². The summed E-state index contributed by atoms with van der Waals surface area (Å²) in [5.41, 5.74) is 0.176. The number of aromatic nitrogens is 1. The Balaban J connectivity index is 3.15. The fourth-order valence-corrected chi connectivity index (χ4v) is 0.716. The summed E-state index contributed by atoms with van der Waals surface area (Å²) in [6, 6.07) is 2.83. The van der Waals surface area contributed by atoms with E-state index in [1.807, 2.05) is 0 Å².